The van der Waals surface area contributed by atoms with Crippen LogP contribution >= 0.6 is 0 Å². The zero-order chi connectivity index (χ0) is 14.3. The van der Waals surface area contributed by atoms with E-state index in [1.54, 1.807) is 10.9 Å². The molecule has 2 saturated heterocycles. The summed E-state index contributed by atoms with van der Waals surface area (Å²) >= 11 is 0. The van der Waals surface area contributed by atoms with Crippen molar-refractivity contribution >= 4 is 17.7 Å². The molecular weight excluding hydrogens is 264 g/mol. The van der Waals surface area contributed by atoms with Gasteiger partial charge in [-0.2, -0.15) is 0 Å². The molecule has 20 heavy (non-hydrogen) atoms. The van der Waals surface area contributed by atoms with Gasteiger partial charge in [-0.25, -0.2) is 4.68 Å². The molecule has 0 bridgehead atoms. The summed E-state index contributed by atoms with van der Waals surface area (Å²) in [6.45, 7) is 1.59. The summed E-state index contributed by atoms with van der Waals surface area (Å²) in [6.07, 6.45) is 1.54. The van der Waals surface area contributed by atoms with Crippen LogP contribution in [0.2, 0.25) is 0 Å². The second-order valence-corrected chi connectivity index (χ2v) is 4.92. The Morgan fingerprint density at radius 3 is 2.75 bits per heavy atom. The highest BCUT2D eigenvalue weighted by Crippen LogP contribution is 2.12. The first-order valence-electron chi connectivity index (χ1n) is 6.30. The fraction of sp³-hybridized carbons (Fsp3) is 0.545. The van der Waals surface area contributed by atoms with Gasteiger partial charge in [-0.3, -0.25) is 19.3 Å². The summed E-state index contributed by atoms with van der Waals surface area (Å²) in [5, 5.41) is 13.3. The maximum atomic E-state index is 12.0. The van der Waals surface area contributed by atoms with Crippen molar-refractivity contribution in [1.29, 1.82) is 0 Å². The number of hydrogen-bond donors (Lipinski definition) is 2. The smallest absolute Gasteiger partial charge is 0.274 e. The van der Waals surface area contributed by atoms with E-state index in [1.165, 1.54) is 7.05 Å². The summed E-state index contributed by atoms with van der Waals surface area (Å²) in [4.78, 5) is 36.1. The van der Waals surface area contributed by atoms with Crippen LogP contribution in [0.3, 0.4) is 0 Å². The normalized spacial score (nSPS) is 23.1. The largest absolute Gasteiger partial charge is 0.338 e. The highest BCUT2D eigenvalue weighted by Gasteiger charge is 2.37. The van der Waals surface area contributed by atoms with Crippen molar-refractivity contribution in [2.75, 3.05) is 20.1 Å². The monoisotopic (exact) mass is 278 g/mol. The van der Waals surface area contributed by atoms with Crippen molar-refractivity contribution in [3.8, 4) is 0 Å². The molecule has 1 atom stereocenters. The van der Waals surface area contributed by atoms with Gasteiger partial charge in [-0.1, -0.05) is 5.21 Å². The highest BCUT2D eigenvalue weighted by molar-refractivity contribution is 6.07. The van der Waals surface area contributed by atoms with Crippen molar-refractivity contribution in [3.63, 3.8) is 0 Å². The van der Waals surface area contributed by atoms with Gasteiger partial charge in [0.05, 0.1) is 18.7 Å². The Hall–Kier alpha value is -2.29. The molecule has 106 valence electrons. The average molecular weight is 278 g/mol. The minimum atomic E-state index is -0.810. The Kier molecular flexibility index (Phi) is 2.97. The molecule has 9 nitrogen and oxygen atoms in total. The lowest BCUT2D eigenvalue weighted by atomic mass is 10.2. The van der Waals surface area contributed by atoms with Crippen molar-refractivity contribution in [2.24, 2.45) is 0 Å². The summed E-state index contributed by atoms with van der Waals surface area (Å²) in [5.74, 6) is -1.20. The van der Waals surface area contributed by atoms with Crippen molar-refractivity contribution in [2.45, 2.75) is 18.5 Å². The third-order valence-electron chi connectivity index (χ3n) is 3.56. The molecule has 0 spiro atoms. The van der Waals surface area contributed by atoms with E-state index >= 15 is 0 Å². The van der Waals surface area contributed by atoms with Gasteiger partial charge in [-0.05, 0) is 0 Å². The number of likely N-dealkylation sites (tertiary alicyclic amines) is 1. The molecule has 3 amide bonds. The second-order valence-electron chi connectivity index (χ2n) is 4.92. The van der Waals surface area contributed by atoms with Crippen molar-refractivity contribution < 1.29 is 14.4 Å². The molecule has 1 aromatic rings. The molecule has 1 aromatic heterocycles. The number of rotatable bonds is 3. The Morgan fingerprint density at radius 1 is 1.45 bits per heavy atom. The predicted octanol–water partition coefficient (Wildman–Crippen LogP) is -2.09. The van der Waals surface area contributed by atoms with Gasteiger partial charge >= 0.3 is 0 Å². The molecule has 2 N–H and O–H groups in total. The molecule has 2 aliphatic heterocycles. The number of nitrogens with one attached hydrogen (secondary N) is 2. The van der Waals surface area contributed by atoms with Crippen LogP contribution < -0.4 is 10.6 Å². The number of imide groups is 1. The first kappa shape index (κ1) is 12.7. The lowest BCUT2D eigenvalue weighted by Gasteiger charge is -2.26. The summed E-state index contributed by atoms with van der Waals surface area (Å²) < 4.78 is 1.62. The van der Waals surface area contributed by atoms with Crippen LogP contribution in [-0.2, 0) is 9.59 Å². The van der Waals surface area contributed by atoms with E-state index < -0.39 is 17.9 Å². The van der Waals surface area contributed by atoms with Gasteiger partial charge in [0.25, 0.3) is 11.8 Å². The Balaban J connectivity index is 1.66. The molecule has 0 aliphatic carbocycles. The fourth-order valence-corrected chi connectivity index (χ4v) is 2.12. The van der Waals surface area contributed by atoms with E-state index in [2.05, 4.69) is 20.9 Å². The van der Waals surface area contributed by atoms with E-state index in [4.69, 9.17) is 0 Å². The molecule has 2 aliphatic rings. The maximum absolute atomic E-state index is 12.0. The standard InChI is InChI=1S/C11H14N6O3/c1-16-9(18)2-7(11(16)20)13-10(19)8-5-17(15-14-8)6-3-12-4-6/h5-7,12H,2-4H2,1H3,(H,13,19). The molecule has 0 aromatic carbocycles. The number of amides is 3. The number of nitrogens with zero attached hydrogens (tertiary/aromatic N) is 4. The second kappa shape index (κ2) is 4.67. The van der Waals surface area contributed by atoms with Crippen LogP contribution in [0.5, 0.6) is 0 Å². The number of hydrogen-bond acceptors (Lipinski definition) is 6. The lowest BCUT2D eigenvalue weighted by Crippen LogP contribution is -2.43. The predicted molar refractivity (Wildman–Crippen MR) is 65.6 cm³/mol. The lowest BCUT2D eigenvalue weighted by molar-refractivity contribution is -0.137. The number of aromatic nitrogens is 3. The Bertz CT molecular complexity index is 578. The minimum Gasteiger partial charge on any atom is -0.338 e. The molecule has 3 rings (SSSR count). The molecular formula is C11H14N6O3. The molecule has 3 heterocycles. The van der Waals surface area contributed by atoms with Crippen LogP contribution in [0.1, 0.15) is 23.0 Å². The van der Waals surface area contributed by atoms with E-state index in [-0.39, 0.29) is 24.1 Å². The molecule has 2 fully saturated rings. The van der Waals surface area contributed by atoms with Gasteiger partial charge in [0.15, 0.2) is 5.69 Å². The van der Waals surface area contributed by atoms with E-state index in [0.29, 0.717) is 0 Å². The van der Waals surface area contributed by atoms with E-state index in [1.807, 2.05) is 0 Å². The SMILES string of the molecule is CN1C(=O)CC(NC(=O)c2cn(C3CNC3)nn2)C1=O. The minimum absolute atomic E-state index is 0.0121. The number of likely N-dealkylation sites (N-methyl/N-ethyl adjacent to an activating group) is 1. The van der Waals surface area contributed by atoms with Crippen LogP contribution in [0.25, 0.3) is 0 Å². The van der Waals surface area contributed by atoms with Gasteiger partial charge in [0.2, 0.25) is 5.91 Å². The van der Waals surface area contributed by atoms with Gasteiger partial charge in [0.1, 0.15) is 6.04 Å². The van der Waals surface area contributed by atoms with Gasteiger partial charge < -0.3 is 10.6 Å². The summed E-state index contributed by atoms with van der Waals surface area (Å²) in [5.41, 5.74) is 0.145. The topological polar surface area (TPSA) is 109 Å². The number of carbonyl (C=O) groups is 3. The van der Waals surface area contributed by atoms with E-state index in [9.17, 15) is 14.4 Å². The Morgan fingerprint density at radius 2 is 2.20 bits per heavy atom. The fourth-order valence-electron chi connectivity index (χ4n) is 2.12. The first-order valence-corrected chi connectivity index (χ1v) is 6.30. The first-order chi connectivity index (χ1) is 9.56. The van der Waals surface area contributed by atoms with Gasteiger partial charge in [-0.15, -0.1) is 5.10 Å². The highest BCUT2D eigenvalue weighted by atomic mass is 16.2. The number of carbonyl (C=O) groups excluding carboxylic acids is 3. The maximum Gasteiger partial charge on any atom is 0.274 e. The zero-order valence-corrected chi connectivity index (χ0v) is 10.9. The van der Waals surface area contributed by atoms with E-state index in [0.717, 1.165) is 18.0 Å². The third kappa shape index (κ3) is 2.05. The van der Waals surface area contributed by atoms with Crippen molar-refractivity contribution in [3.05, 3.63) is 11.9 Å². The van der Waals surface area contributed by atoms with Crippen LogP contribution in [0, 0.1) is 0 Å². The van der Waals surface area contributed by atoms with Gasteiger partial charge in [0, 0.05) is 20.1 Å². The van der Waals surface area contributed by atoms with Crippen LogP contribution in [-0.4, -0.2) is 63.8 Å². The molecule has 9 heteroatoms. The molecule has 1 unspecified atom stereocenters. The van der Waals surface area contributed by atoms with Crippen molar-refractivity contribution in [1.82, 2.24) is 30.5 Å². The Labute approximate surface area is 114 Å². The quantitative estimate of drug-likeness (QED) is 0.614. The average Bonchev–Trinajstić information content (AvgIpc) is 2.90. The summed E-state index contributed by atoms with van der Waals surface area (Å²) in [6, 6.07) is -0.597. The molecule has 0 radical (unpaired) electrons. The summed E-state index contributed by atoms with van der Waals surface area (Å²) in [7, 11) is 1.40. The third-order valence-corrected chi connectivity index (χ3v) is 3.56. The molecule has 0 saturated carbocycles. The zero-order valence-electron chi connectivity index (χ0n) is 10.9. The van der Waals surface area contributed by atoms with Crippen LogP contribution in [0.4, 0.5) is 0 Å². The van der Waals surface area contributed by atoms with Crippen LogP contribution in [0.15, 0.2) is 6.20 Å².